The summed E-state index contributed by atoms with van der Waals surface area (Å²) in [4.78, 5) is 12.1. The van der Waals surface area contributed by atoms with Gasteiger partial charge in [-0.1, -0.05) is 29.8 Å². The van der Waals surface area contributed by atoms with Gasteiger partial charge in [-0.2, -0.15) is 0 Å². The van der Waals surface area contributed by atoms with Gasteiger partial charge in [0.05, 0.1) is 5.02 Å². The minimum atomic E-state index is -0.200. The normalized spacial score (nSPS) is 12.6. The third kappa shape index (κ3) is 4.17. The molecule has 1 amide bonds. The average Bonchev–Trinajstić information content (AvgIpc) is 2.59. The molecule has 0 aromatic heterocycles. The van der Waals surface area contributed by atoms with Crippen molar-refractivity contribution >= 4 is 17.5 Å². The molecule has 2 aromatic rings. The van der Waals surface area contributed by atoms with Crippen molar-refractivity contribution in [2.24, 2.45) is 0 Å². The van der Waals surface area contributed by atoms with E-state index < -0.39 is 0 Å². The van der Waals surface area contributed by atoms with Gasteiger partial charge < -0.3 is 19.5 Å². The Hall–Kier alpha value is -2.40. The van der Waals surface area contributed by atoms with Crippen molar-refractivity contribution in [3.8, 4) is 17.2 Å². The number of para-hydroxylation sites is 1. The molecule has 0 fully saturated rings. The molecule has 1 heterocycles. The predicted molar refractivity (Wildman–Crippen MR) is 95.7 cm³/mol. The SMILES string of the molecule is Cc1cccc(C)c1OCC(=O)NCc1cc(Cl)c2c(c1)OCCO2. The fourth-order valence-corrected chi connectivity index (χ4v) is 2.97. The van der Waals surface area contributed by atoms with Crippen molar-refractivity contribution in [3.05, 3.63) is 52.0 Å². The second-order valence-corrected chi connectivity index (χ2v) is 6.30. The van der Waals surface area contributed by atoms with Gasteiger partial charge in [-0.25, -0.2) is 0 Å². The molecule has 1 aliphatic rings. The fraction of sp³-hybridized carbons (Fsp3) is 0.316. The number of carbonyl (C=O) groups excluding carboxylic acids is 1. The molecule has 0 unspecified atom stereocenters. The highest BCUT2D eigenvalue weighted by atomic mass is 35.5. The van der Waals surface area contributed by atoms with Gasteiger partial charge in [0.15, 0.2) is 18.1 Å². The summed E-state index contributed by atoms with van der Waals surface area (Å²) in [6.07, 6.45) is 0. The van der Waals surface area contributed by atoms with E-state index in [0.29, 0.717) is 36.3 Å². The Bertz CT molecular complexity index is 771. The molecule has 0 radical (unpaired) electrons. The molecular weight excluding hydrogens is 342 g/mol. The molecule has 5 nitrogen and oxygen atoms in total. The van der Waals surface area contributed by atoms with Crippen LogP contribution in [0, 0.1) is 13.8 Å². The number of halogens is 1. The number of hydrogen-bond acceptors (Lipinski definition) is 4. The second-order valence-electron chi connectivity index (χ2n) is 5.89. The zero-order valence-corrected chi connectivity index (χ0v) is 15.0. The van der Waals surface area contributed by atoms with Gasteiger partial charge in [0.2, 0.25) is 0 Å². The Morgan fingerprint density at radius 3 is 2.68 bits per heavy atom. The second kappa shape index (κ2) is 7.66. The highest BCUT2D eigenvalue weighted by Crippen LogP contribution is 2.38. The van der Waals surface area contributed by atoms with Crippen LogP contribution < -0.4 is 19.5 Å². The van der Waals surface area contributed by atoms with E-state index in [-0.39, 0.29) is 12.5 Å². The van der Waals surface area contributed by atoms with Crippen LogP contribution in [0.15, 0.2) is 30.3 Å². The first-order chi connectivity index (χ1) is 12.0. The maximum absolute atomic E-state index is 12.1. The predicted octanol–water partition coefficient (Wildman–Crippen LogP) is 3.42. The van der Waals surface area contributed by atoms with Crippen molar-refractivity contribution in [3.63, 3.8) is 0 Å². The smallest absolute Gasteiger partial charge is 0.258 e. The largest absolute Gasteiger partial charge is 0.486 e. The summed E-state index contributed by atoms with van der Waals surface area (Å²) < 4.78 is 16.7. The van der Waals surface area contributed by atoms with Crippen LogP contribution in [-0.2, 0) is 11.3 Å². The quantitative estimate of drug-likeness (QED) is 0.886. The summed E-state index contributed by atoms with van der Waals surface area (Å²) in [7, 11) is 0. The van der Waals surface area contributed by atoms with Crippen molar-refractivity contribution < 1.29 is 19.0 Å². The van der Waals surface area contributed by atoms with Crippen LogP contribution in [0.5, 0.6) is 17.2 Å². The van der Waals surface area contributed by atoms with Crippen LogP contribution in [0.3, 0.4) is 0 Å². The number of aryl methyl sites for hydroxylation is 2. The molecule has 0 bridgehead atoms. The number of nitrogens with one attached hydrogen (secondary N) is 1. The highest BCUT2D eigenvalue weighted by Gasteiger charge is 2.17. The summed E-state index contributed by atoms with van der Waals surface area (Å²) in [5.74, 6) is 1.71. The number of fused-ring (bicyclic) bond motifs is 1. The number of ether oxygens (including phenoxy) is 3. The average molecular weight is 362 g/mol. The summed E-state index contributed by atoms with van der Waals surface area (Å²) >= 11 is 6.20. The van der Waals surface area contributed by atoms with Crippen molar-refractivity contribution in [1.29, 1.82) is 0 Å². The molecule has 0 saturated carbocycles. The van der Waals surface area contributed by atoms with Crippen LogP contribution in [-0.4, -0.2) is 25.7 Å². The standard InChI is InChI=1S/C19H20ClNO4/c1-12-4-3-5-13(2)18(12)25-11-17(22)21-10-14-8-15(20)19-16(9-14)23-6-7-24-19/h3-5,8-9H,6-7,10-11H2,1-2H3,(H,21,22). The summed E-state index contributed by atoms with van der Waals surface area (Å²) in [6, 6.07) is 9.47. The maximum atomic E-state index is 12.1. The first kappa shape index (κ1) is 17.4. The Morgan fingerprint density at radius 1 is 1.20 bits per heavy atom. The molecular formula is C19H20ClNO4. The van der Waals surface area contributed by atoms with Crippen LogP contribution in [0.2, 0.25) is 5.02 Å². The van der Waals surface area contributed by atoms with E-state index in [2.05, 4.69) is 5.32 Å². The van der Waals surface area contributed by atoms with Crippen molar-refractivity contribution in [2.75, 3.05) is 19.8 Å². The zero-order chi connectivity index (χ0) is 17.8. The number of hydrogen-bond donors (Lipinski definition) is 1. The monoisotopic (exact) mass is 361 g/mol. The lowest BCUT2D eigenvalue weighted by Gasteiger charge is -2.20. The molecule has 0 aliphatic carbocycles. The Morgan fingerprint density at radius 2 is 1.92 bits per heavy atom. The van der Waals surface area contributed by atoms with Crippen molar-refractivity contribution in [1.82, 2.24) is 5.32 Å². The molecule has 1 aliphatic heterocycles. The Balaban J connectivity index is 1.57. The Kier molecular flexibility index (Phi) is 5.34. The van der Waals surface area contributed by atoms with Crippen LogP contribution in [0.1, 0.15) is 16.7 Å². The lowest BCUT2D eigenvalue weighted by molar-refractivity contribution is -0.123. The summed E-state index contributed by atoms with van der Waals surface area (Å²) in [5, 5.41) is 3.30. The first-order valence-corrected chi connectivity index (χ1v) is 8.46. The van der Waals surface area contributed by atoms with E-state index in [1.54, 1.807) is 6.07 Å². The number of rotatable bonds is 5. The Labute approximate surface area is 151 Å². The lowest BCUT2D eigenvalue weighted by Crippen LogP contribution is -2.28. The van der Waals surface area contributed by atoms with Crippen LogP contribution in [0.25, 0.3) is 0 Å². The number of benzene rings is 2. The molecule has 6 heteroatoms. The van der Waals surface area contributed by atoms with Gasteiger partial charge in [-0.15, -0.1) is 0 Å². The third-order valence-electron chi connectivity index (χ3n) is 3.90. The zero-order valence-electron chi connectivity index (χ0n) is 14.2. The van der Waals surface area contributed by atoms with Gasteiger partial charge in [0.1, 0.15) is 19.0 Å². The summed E-state index contributed by atoms with van der Waals surface area (Å²) in [6.45, 7) is 5.19. The molecule has 0 spiro atoms. The minimum absolute atomic E-state index is 0.0377. The lowest BCUT2D eigenvalue weighted by atomic mass is 10.1. The number of carbonyl (C=O) groups is 1. The molecule has 132 valence electrons. The minimum Gasteiger partial charge on any atom is -0.486 e. The number of amides is 1. The van der Waals surface area contributed by atoms with E-state index in [1.165, 1.54) is 0 Å². The first-order valence-electron chi connectivity index (χ1n) is 8.08. The van der Waals surface area contributed by atoms with Crippen LogP contribution >= 0.6 is 11.6 Å². The molecule has 0 atom stereocenters. The van der Waals surface area contributed by atoms with Crippen LogP contribution in [0.4, 0.5) is 0 Å². The molecule has 2 aromatic carbocycles. The highest BCUT2D eigenvalue weighted by molar-refractivity contribution is 6.32. The van der Waals surface area contributed by atoms with E-state index in [1.807, 2.05) is 38.1 Å². The van der Waals surface area contributed by atoms with E-state index in [0.717, 1.165) is 22.4 Å². The fourth-order valence-electron chi connectivity index (χ4n) is 2.68. The molecule has 3 rings (SSSR count). The maximum Gasteiger partial charge on any atom is 0.258 e. The van der Waals surface area contributed by atoms with E-state index in [4.69, 9.17) is 25.8 Å². The van der Waals surface area contributed by atoms with E-state index >= 15 is 0 Å². The van der Waals surface area contributed by atoms with Crippen molar-refractivity contribution in [2.45, 2.75) is 20.4 Å². The van der Waals surface area contributed by atoms with Gasteiger partial charge in [0, 0.05) is 6.54 Å². The molecule has 25 heavy (non-hydrogen) atoms. The molecule has 0 saturated heterocycles. The summed E-state index contributed by atoms with van der Waals surface area (Å²) in [5.41, 5.74) is 2.85. The third-order valence-corrected chi connectivity index (χ3v) is 4.18. The van der Waals surface area contributed by atoms with Gasteiger partial charge in [-0.05, 0) is 42.7 Å². The van der Waals surface area contributed by atoms with Gasteiger partial charge in [0.25, 0.3) is 5.91 Å². The molecule has 1 N–H and O–H groups in total. The van der Waals surface area contributed by atoms with Gasteiger partial charge in [-0.3, -0.25) is 4.79 Å². The van der Waals surface area contributed by atoms with E-state index in [9.17, 15) is 4.79 Å². The van der Waals surface area contributed by atoms with Gasteiger partial charge >= 0.3 is 0 Å². The topological polar surface area (TPSA) is 56.8 Å².